The van der Waals surface area contributed by atoms with Crippen molar-refractivity contribution >= 4 is 10.0 Å². The molecule has 0 aromatic carbocycles. The van der Waals surface area contributed by atoms with Gasteiger partial charge in [0.1, 0.15) is 4.90 Å². The third-order valence-electron chi connectivity index (χ3n) is 3.46. The standard InChI is InChI=1S/C12H19N3O3S/c1-18-11-4-6-15(10(7-11)8-13)19(16,17)12-3-2-5-14-9-12/h2-3,5,9-11H,4,6-8,13H2,1H3. The van der Waals surface area contributed by atoms with Crippen LogP contribution in [0.3, 0.4) is 0 Å². The van der Waals surface area contributed by atoms with Crippen molar-refractivity contribution in [3.63, 3.8) is 0 Å². The fourth-order valence-corrected chi connectivity index (χ4v) is 4.00. The minimum Gasteiger partial charge on any atom is -0.381 e. The van der Waals surface area contributed by atoms with E-state index in [4.69, 9.17) is 10.5 Å². The highest BCUT2D eigenvalue weighted by molar-refractivity contribution is 7.89. The van der Waals surface area contributed by atoms with Crippen LogP contribution in [-0.4, -0.2) is 50.1 Å². The molecule has 0 aliphatic carbocycles. The molecule has 2 unspecified atom stereocenters. The smallest absolute Gasteiger partial charge is 0.244 e. The second kappa shape index (κ2) is 5.96. The summed E-state index contributed by atoms with van der Waals surface area (Å²) in [6.45, 7) is 0.719. The first-order chi connectivity index (χ1) is 9.09. The van der Waals surface area contributed by atoms with Crippen LogP contribution in [0.2, 0.25) is 0 Å². The molecule has 1 aromatic rings. The van der Waals surface area contributed by atoms with E-state index in [9.17, 15) is 8.42 Å². The summed E-state index contributed by atoms with van der Waals surface area (Å²) in [6, 6.07) is 2.95. The van der Waals surface area contributed by atoms with Crippen LogP contribution in [0.1, 0.15) is 12.8 Å². The zero-order valence-corrected chi connectivity index (χ0v) is 11.7. The Labute approximate surface area is 113 Å². The molecule has 19 heavy (non-hydrogen) atoms. The van der Waals surface area contributed by atoms with Crippen molar-refractivity contribution in [1.29, 1.82) is 0 Å². The van der Waals surface area contributed by atoms with Crippen LogP contribution in [0, 0.1) is 0 Å². The molecule has 0 bridgehead atoms. The van der Waals surface area contributed by atoms with Crippen molar-refractivity contribution in [3.8, 4) is 0 Å². The van der Waals surface area contributed by atoms with Crippen LogP contribution in [0.25, 0.3) is 0 Å². The molecule has 1 fully saturated rings. The molecule has 2 rings (SSSR count). The lowest BCUT2D eigenvalue weighted by Crippen LogP contribution is -2.51. The Kier molecular flexibility index (Phi) is 4.51. The van der Waals surface area contributed by atoms with Gasteiger partial charge >= 0.3 is 0 Å². The zero-order valence-electron chi connectivity index (χ0n) is 10.9. The van der Waals surface area contributed by atoms with Gasteiger partial charge in [0.15, 0.2) is 0 Å². The number of nitrogens with two attached hydrogens (primary N) is 1. The highest BCUT2D eigenvalue weighted by Gasteiger charge is 2.36. The Balaban J connectivity index is 2.25. The summed E-state index contributed by atoms with van der Waals surface area (Å²) in [5.41, 5.74) is 5.71. The Hall–Kier alpha value is -1.02. The second-order valence-corrected chi connectivity index (χ2v) is 6.47. The van der Waals surface area contributed by atoms with Crippen LogP contribution in [0.5, 0.6) is 0 Å². The summed E-state index contributed by atoms with van der Waals surface area (Å²) in [5, 5.41) is 0. The van der Waals surface area contributed by atoms with Crippen LogP contribution in [0.4, 0.5) is 0 Å². The van der Waals surface area contributed by atoms with Gasteiger partial charge in [-0.2, -0.15) is 4.31 Å². The molecule has 2 N–H and O–H groups in total. The third kappa shape index (κ3) is 2.94. The van der Waals surface area contributed by atoms with Gasteiger partial charge in [-0.25, -0.2) is 8.42 Å². The molecule has 2 atom stereocenters. The molecule has 7 heteroatoms. The zero-order chi connectivity index (χ0) is 13.9. The highest BCUT2D eigenvalue weighted by Crippen LogP contribution is 2.25. The summed E-state index contributed by atoms with van der Waals surface area (Å²) in [4.78, 5) is 4.08. The maximum Gasteiger partial charge on any atom is 0.244 e. The van der Waals surface area contributed by atoms with Gasteiger partial charge in [0.25, 0.3) is 0 Å². The number of aromatic nitrogens is 1. The molecule has 0 amide bonds. The molecule has 1 aromatic heterocycles. The predicted molar refractivity (Wildman–Crippen MR) is 71.0 cm³/mol. The lowest BCUT2D eigenvalue weighted by molar-refractivity contribution is 0.0401. The van der Waals surface area contributed by atoms with Gasteiger partial charge in [0.2, 0.25) is 10.0 Å². The summed E-state index contributed by atoms with van der Waals surface area (Å²) in [6.07, 6.45) is 4.31. The van der Waals surface area contributed by atoms with E-state index in [1.165, 1.54) is 10.5 Å². The van der Waals surface area contributed by atoms with E-state index in [1.807, 2.05) is 0 Å². The van der Waals surface area contributed by atoms with E-state index in [0.29, 0.717) is 25.9 Å². The summed E-state index contributed by atoms with van der Waals surface area (Å²) in [7, 11) is -1.88. The van der Waals surface area contributed by atoms with Gasteiger partial charge in [-0.05, 0) is 25.0 Å². The third-order valence-corrected chi connectivity index (χ3v) is 5.40. The fourth-order valence-electron chi connectivity index (χ4n) is 2.37. The number of ether oxygens (including phenoxy) is 1. The number of hydrogen-bond donors (Lipinski definition) is 1. The average Bonchev–Trinajstić information content (AvgIpc) is 2.47. The maximum atomic E-state index is 12.5. The Bertz CT molecular complexity index is 506. The van der Waals surface area contributed by atoms with Gasteiger partial charge < -0.3 is 10.5 Å². The van der Waals surface area contributed by atoms with Gasteiger partial charge in [-0.15, -0.1) is 0 Å². The van der Waals surface area contributed by atoms with Crippen LogP contribution >= 0.6 is 0 Å². The molecule has 6 nitrogen and oxygen atoms in total. The van der Waals surface area contributed by atoms with Crippen molar-refractivity contribution < 1.29 is 13.2 Å². The number of methoxy groups -OCH3 is 1. The van der Waals surface area contributed by atoms with E-state index in [2.05, 4.69) is 4.98 Å². The van der Waals surface area contributed by atoms with Crippen LogP contribution < -0.4 is 5.73 Å². The van der Waals surface area contributed by atoms with E-state index in [0.717, 1.165) is 0 Å². The normalized spacial score (nSPS) is 25.4. The molecule has 2 heterocycles. The molecule has 1 aliphatic rings. The van der Waals surface area contributed by atoms with Crippen LogP contribution in [-0.2, 0) is 14.8 Å². The molecule has 0 spiro atoms. The lowest BCUT2D eigenvalue weighted by atomic mass is 10.0. The van der Waals surface area contributed by atoms with Crippen molar-refractivity contribution in [3.05, 3.63) is 24.5 Å². The molecule has 0 saturated carbocycles. The van der Waals surface area contributed by atoms with Gasteiger partial charge in [0.05, 0.1) is 6.10 Å². The Morgan fingerprint density at radius 2 is 2.37 bits per heavy atom. The topological polar surface area (TPSA) is 85.5 Å². The predicted octanol–water partition coefficient (Wildman–Crippen LogP) is 0.208. The van der Waals surface area contributed by atoms with Crippen molar-refractivity contribution in [1.82, 2.24) is 9.29 Å². The maximum absolute atomic E-state index is 12.5. The van der Waals surface area contributed by atoms with Gasteiger partial charge in [-0.3, -0.25) is 4.98 Å². The number of piperidine rings is 1. The SMILES string of the molecule is COC1CCN(S(=O)(=O)c2cccnc2)C(CN)C1. The first-order valence-electron chi connectivity index (χ1n) is 6.24. The minimum absolute atomic E-state index is 0.0777. The largest absolute Gasteiger partial charge is 0.381 e. The number of pyridine rings is 1. The summed E-state index contributed by atoms with van der Waals surface area (Å²) >= 11 is 0. The Morgan fingerprint density at radius 1 is 1.58 bits per heavy atom. The van der Waals surface area contributed by atoms with Crippen molar-refractivity contribution in [2.24, 2.45) is 5.73 Å². The summed E-state index contributed by atoms with van der Waals surface area (Å²) in [5.74, 6) is 0. The number of rotatable bonds is 4. The molecule has 0 radical (unpaired) electrons. The van der Waals surface area contributed by atoms with Gasteiger partial charge in [0, 0.05) is 38.6 Å². The molecule has 1 aliphatic heterocycles. The second-order valence-electron chi connectivity index (χ2n) is 4.58. The number of hydrogen-bond acceptors (Lipinski definition) is 5. The van der Waals surface area contributed by atoms with Crippen LogP contribution in [0.15, 0.2) is 29.4 Å². The quantitative estimate of drug-likeness (QED) is 0.854. The highest BCUT2D eigenvalue weighted by atomic mass is 32.2. The summed E-state index contributed by atoms with van der Waals surface area (Å²) < 4.78 is 31.9. The van der Waals surface area contributed by atoms with E-state index >= 15 is 0 Å². The average molecular weight is 285 g/mol. The minimum atomic E-state index is -3.52. The van der Waals surface area contributed by atoms with Crippen molar-refractivity contribution in [2.75, 3.05) is 20.2 Å². The first kappa shape index (κ1) is 14.4. The monoisotopic (exact) mass is 285 g/mol. The number of sulfonamides is 1. The molecule has 1 saturated heterocycles. The van der Waals surface area contributed by atoms with Gasteiger partial charge in [-0.1, -0.05) is 0 Å². The number of nitrogens with zero attached hydrogens (tertiary/aromatic N) is 2. The Morgan fingerprint density at radius 3 is 2.95 bits per heavy atom. The first-order valence-corrected chi connectivity index (χ1v) is 7.68. The lowest BCUT2D eigenvalue weighted by Gasteiger charge is -2.37. The molecular formula is C12H19N3O3S. The fraction of sp³-hybridized carbons (Fsp3) is 0.583. The van der Waals surface area contributed by atoms with E-state index in [-0.39, 0.29) is 17.0 Å². The molecular weight excluding hydrogens is 266 g/mol. The van der Waals surface area contributed by atoms with E-state index < -0.39 is 10.0 Å². The molecule has 106 valence electrons. The van der Waals surface area contributed by atoms with E-state index in [1.54, 1.807) is 25.4 Å². The van der Waals surface area contributed by atoms with Crippen molar-refractivity contribution in [2.45, 2.75) is 29.9 Å².